The third-order valence-corrected chi connectivity index (χ3v) is 4.57. The number of anilines is 2. The molecule has 0 saturated carbocycles. The van der Waals surface area contributed by atoms with Crippen LogP contribution >= 0.6 is 0 Å². The van der Waals surface area contributed by atoms with Crippen LogP contribution < -0.4 is 15.4 Å². The quantitative estimate of drug-likeness (QED) is 0.684. The number of nitrogens with one attached hydrogen (secondary N) is 2. The topological polar surface area (TPSA) is 87.7 Å². The highest BCUT2D eigenvalue weighted by molar-refractivity contribution is 6.36. The molecule has 0 atom stereocenters. The standard InChI is InChI=1S/C23H25N3O4/c1-5-30-19-9-7-6-8-18(19)25-21-20(22(28)26(14(2)3)23(21)29)16-10-12-17(13-11-16)24-15(4)27/h6-14,25H,5H2,1-4H3,(H,24,27). The number of carbonyl (C=O) groups is 3. The van der Waals surface area contributed by atoms with E-state index in [0.717, 1.165) is 0 Å². The Bertz CT molecular complexity index is 1010. The van der Waals surface area contributed by atoms with E-state index in [2.05, 4.69) is 10.6 Å². The highest BCUT2D eigenvalue weighted by Crippen LogP contribution is 2.34. The van der Waals surface area contributed by atoms with Crippen molar-refractivity contribution in [3.05, 3.63) is 59.8 Å². The fraction of sp³-hybridized carbons (Fsp3) is 0.261. The van der Waals surface area contributed by atoms with Crippen LogP contribution in [0.25, 0.3) is 5.57 Å². The van der Waals surface area contributed by atoms with Crippen molar-refractivity contribution in [3.8, 4) is 5.75 Å². The average molecular weight is 407 g/mol. The normalized spacial score (nSPS) is 13.8. The SMILES string of the molecule is CCOc1ccccc1NC1=C(c2ccc(NC(C)=O)cc2)C(=O)N(C(C)C)C1=O. The number of hydrogen-bond donors (Lipinski definition) is 2. The van der Waals surface area contributed by atoms with Crippen LogP contribution in [-0.4, -0.2) is 35.3 Å². The molecule has 156 valence electrons. The van der Waals surface area contributed by atoms with Crippen molar-refractivity contribution in [3.63, 3.8) is 0 Å². The Morgan fingerprint density at radius 3 is 2.30 bits per heavy atom. The Hall–Kier alpha value is -3.61. The summed E-state index contributed by atoms with van der Waals surface area (Å²) in [6.45, 7) is 7.37. The van der Waals surface area contributed by atoms with Crippen LogP contribution in [0.1, 0.15) is 33.3 Å². The van der Waals surface area contributed by atoms with Gasteiger partial charge in [0, 0.05) is 18.7 Å². The van der Waals surface area contributed by atoms with Crippen LogP contribution in [0.2, 0.25) is 0 Å². The van der Waals surface area contributed by atoms with Gasteiger partial charge in [-0.25, -0.2) is 0 Å². The van der Waals surface area contributed by atoms with Gasteiger partial charge in [-0.3, -0.25) is 19.3 Å². The van der Waals surface area contributed by atoms with Crippen molar-refractivity contribution in [1.82, 2.24) is 4.90 Å². The monoisotopic (exact) mass is 407 g/mol. The van der Waals surface area contributed by atoms with Crippen molar-refractivity contribution in [2.75, 3.05) is 17.2 Å². The molecule has 3 rings (SSSR count). The van der Waals surface area contributed by atoms with Gasteiger partial charge in [0.2, 0.25) is 5.91 Å². The van der Waals surface area contributed by atoms with Gasteiger partial charge < -0.3 is 15.4 Å². The molecule has 0 bridgehead atoms. The first kappa shape index (κ1) is 21.1. The van der Waals surface area contributed by atoms with E-state index in [9.17, 15) is 14.4 Å². The van der Waals surface area contributed by atoms with Gasteiger partial charge in [-0.05, 0) is 50.6 Å². The van der Waals surface area contributed by atoms with E-state index in [-0.39, 0.29) is 35.0 Å². The number of rotatable bonds is 7. The van der Waals surface area contributed by atoms with E-state index in [0.29, 0.717) is 29.3 Å². The molecule has 1 aliphatic rings. The third-order valence-electron chi connectivity index (χ3n) is 4.57. The number of para-hydroxylation sites is 2. The summed E-state index contributed by atoms with van der Waals surface area (Å²) < 4.78 is 5.64. The number of imide groups is 1. The highest BCUT2D eigenvalue weighted by atomic mass is 16.5. The van der Waals surface area contributed by atoms with Crippen molar-refractivity contribution in [2.45, 2.75) is 33.7 Å². The molecule has 0 aromatic heterocycles. The summed E-state index contributed by atoms with van der Waals surface area (Å²) in [5.41, 5.74) is 2.29. The second kappa shape index (κ2) is 8.82. The van der Waals surface area contributed by atoms with Crippen LogP contribution in [0, 0.1) is 0 Å². The first-order valence-corrected chi connectivity index (χ1v) is 9.82. The first-order valence-electron chi connectivity index (χ1n) is 9.82. The molecule has 0 aliphatic carbocycles. The average Bonchev–Trinajstić information content (AvgIpc) is 2.93. The zero-order valence-electron chi connectivity index (χ0n) is 17.5. The summed E-state index contributed by atoms with van der Waals surface area (Å²) in [5.74, 6) is -0.341. The molecule has 3 amide bonds. The zero-order valence-corrected chi connectivity index (χ0v) is 17.5. The van der Waals surface area contributed by atoms with Crippen molar-refractivity contribution in [2.24, 2.45) is 0 Å². The van der Waals surface area contributed by atoms with Crippen LogP contribution in [0.4, 0.5) is 11.4 Å². The molecule has 7 nitrogen and oxygen atoms in total. The molecule has 7 heteroatoms. The summed E-state index contributed by atoms with van der Waals surface area (Å²) in [5, 5.41) is 5.82. The minimum atomic E-state index is -0.387. The molecular weight excluding hydrogens is 382 g/mol. The lowest BCUT2D eigenvalue weighted by atomic mass is 10.0. The molecule has 30 heavy (non-hydrogen) atoms. The molecule has 2 aromatic rings. The predicted octanol–water partition coefficient (Wildman–Crippen LogP) is 3.64. The maximum Gasteiger partial charge on any atom is 0.278 e. The fourth-order valence-corrected chi connectivity index (χ4v) is 3.31. The van der Waals surface area contributed by atoms with Gasteiger partial charge in [0.05, 0.1) is 17.9 Å². The largest absolute Gasteiger partial charge is 0.492 e. The number of ether oxygens (including phenoxy) is 1. The molecule has 0 radical (unpaired) electrons. The number of amides is 3. The van der Waals surface area contributed by atoms with E-state index < -0.39 is 0 Å². The molecule has 2 aromatic carbocycles. The van der Waals surface area contributed by atoms with E-state index in [1.54, 1.807) is 50.2 Å². The summed E-state index contributed by atoms with van der Waals surface area (Å²) in [7, 11) is 0. The van der Waals surface area contributed by atoms with E-state index in [4.69, 9.17) is 4.74 Å². The van der Waals surface area contributed by atoms with Gasteiger partial charge in [0.1, 0.15) is 11.4 Å². The molecule has 0 fully saturated rings. The van der Waals surface area contributed by atoms with Crippen LogP contribution in [0.15, 0.2) is 54.2 Å². The Labute approximate surface area is 175 Å². The van der Waals surface area contributed by atoms with E-state index >= 15 is 0 Å². The highest BCUT2D eigenvalue weighted by Gasteiger charge is 2.40. The van der Waals surface area contributed by atoms with E-state index in [1.165, 1.54) is 11.8 Å². The molecule has 2 N–H and O–H groups in total. The summed E-state index contributed by atoms with van der Waals surface area (Å²) in [6, 6.07) is 13.8. The van der Waals surface area contributed by atoms with Gasteiger partial charge in [-0.15, -0.1) is 0 Å². The smallest absolute Gasteiger partial charge is 0.278 e. The lowest BCUT2D eigenvalue weighted by molar-refractivity contribution is -0.138. The van der Waals surface area contributed by atoms with Crippen LogP contribution in [0.5, 0.6) is 5.75 Å². The Balaban J connectivity index is 2.06. The maximum atomic E-state index is 13.1. The van der Waals surface area contributed by atoms with Gasteiger partial charge in [0.15, 0.2) is 0 Å². The fourth-order valence-electron chi connectivity index (χ4n) is 3.31. The Morgan fingerprint density at radius 1 is 1.03 bits per heavy atom. The lowest BCUT2D eigenvalue weighted by Gasteiger charge is -2.19. The summed E-state index contributed by atoms with van der Waals surface area (Å²) in [6.07, 6.45) is 0. The van der Waals surface area contributed by atoms with Crippen LogP contribution in [0.3, 0.4) is 0 Å². The maximum absolute atomic E-state index is 13.1. The van der Waals surface area contributed by atoms with Crippen molar-refractivity contribution >= 4 is 34.7 Å². The number of nitrogens with zero attached hydrogens (tertiary/aromatic N) is 1. The predicted molar refractivity (Wildman–Crippen MR) is 116 cm³/mol. The van der Waals surface area contributed by atoms with Gasteiger partial charge in [-0.2, -0.15) is 0 Å². The molecule has 0 spiro atoms. The van der Waals surface area contributed by atoms with Crippen molar-refractivity contribution in [1.29, 1.82) is 0 Å². The molecule has 1 aliphatic heterocycles. The molecule has 1 heterocycles. The Morgan fingerprint density at radius 2 is 1.70 bits per heavy atom. The minimum absolute atomic E-state index is 0.185. The summed E-state index contributed by atoms with van der Waals surface area (Å²) in [4.78, 5) is 38.8. The first-order chi connectivity index (χ1) is 14.3. The van der Waals surface area contributed by atoms with Crippen molar-refractivity contribution < 1.29 is 19.1 Å². The molecule has 0 unspecified atom stereocenters. The van der Waals surface area contributed by atoms with Crippen LogP contribution in [-0.2, 0) is 14.4 Å². The third kappa shape index (κ3) is 4.20. The number of benzene rings is 2. The minimum Gasteiger partial charge on any atom is -0.492 e. The Kier molecular flexibility index (Phi) is 6.20. The second-order valence-electron chi connectivity index (χ2n) is 7.14. The number of hydrogen-bond acceptors (Lipinski definition) is 5. The number of carbonyl (C=O) groups excluding carboxylic acids is 3. The molecular formula is C23H25N3O4. The van der Waals surface area contributed by atoms with Gasteiger partial charge >= 0.3 is 0 Å². The molecule has 0 saturated heterocycles. The lowest BCUT2D eigenvalue weighted by Crippen LogP contribution is -2.38. The van der Waals surface area contributed by atoms with E-state index in [1.807, 2.05) is 19.1 Å². The second-order valence-corrected chi connectivity index (χ2v) is 7.14. The van der Waals surface area contributed by atoms with Gasteiger partial charge in [-0.1, -0.05) is 24.3 Å². The zero-order chi connectivity index (χ0) is 21.8. The van der Waals surface area contributed by atoms with Gasteiger partial charge in [0.25, 0.3) is 11.8 Å². The summed E-state index contributed by atoms with van der Waals surface area (Å²) >= 11 is 0.